The molecule has 1 saturated heterocycles. The van der Waals surface area contributed by atoms with Crippen LogP contribution in [-0.2, 0) is 4.74 Å². The third kappa shape index (κ3) is 6.66. The number of carbonyl (C=O) groups excluding carboxylic acids is 1. The minimum atomic E-state index is 0.00123. The Balaban J connectivity index is 1.64. The first-order valence-electron chi connectivity index (χ1n) is 8.61. The second-order valence-corrected chi connectivity index (χ2v) is 6.47. The van der Waals surface area contributed by atoms with Crippen LogP contribution in [0.3, 0.4) is 0 Å². The van der Waals surface area contributed by atoms with Crippen LogP contribution in [0.4, 0.5) is 4.79 Å². The van der Waals surface area contributed by atoms with E-state index in [0.29, 0.717) is 6.04 Å². The van der Waals surface area contributed by atoms with Crippen molar-refractivity contribution in [2.45, 2.75) is 64.0 Å². The molecule has 0 radical (unpaired) electrons. The Labute approximate surface area is 128 Å². The van der Waals surface area contributed by atoms with Crippen molar-refractivity contribution in [3.63, 3.8) is 0 Å². The van der Waals surface area contributed by atoms with Gasteiger partial charge in [0.1, 0.15) is 0 Å². The van der Waals surface area contributed by atoms with Crippen LogP contribution < -0.4 is 10.6 Å². The summed E-state index contributed by atoms with van der Waals surface area (Å²) in [5.41, 5.74) is 0. The lowest BCUT2D eigenvalue weighted by Gasteiger charge is -2.30. The van der Waals surface area contributed by atoms with Gasteiger partial charge in [0.25, 0.3) is 0 Å². The lowest BCUT2D eigenvalue weighted by atomic mass is 9.97. The smallest absolute Gasteiger partial charge is 0.315 e. The fourth-order valence-corrected chi connectivity index (χ4v) is 3.27. The Bertz CT molecular complexity index is 298. The zero-order chi connectivity index (χ0) is 14.9. The average molecular weight is 297 g/mol. The number of carbonyl (C=O) groups is 1. The highest BCUT2D eigenvalue weighted by Crippen LogP contribution is 2.16. The number of nitrogens with zero attached hydrogens (tertiary/aromatic N) is 1. The molecule has 1 aliphatic heterocycles. The molecule has 1 atom stereocenters. The van der Waals surface area contributed by atoms with E-state index in [-0.39, 0.29) is 12.1 Å². The summed E-state index contributed by atoms with van der Waals surface area (Å²) in [6.45, 7) is 6.53. The van der Waals surface area contributed by atoms with E-state index in [1.165, 1.54) is 32.1 Å². The zero-order valence-electron chi connectivity index (χ0n) is 13.4. The maximum atomic E-state index is 12.1. The van der Waals surface area contributed by atoms with Crippen LogP contribution >= 0.6 is 0 Å². The van der Waals surface area contributed by atoms with Gasteiger partial charge in [0.15, 0.2) is 0 Å². The molecule has 2 aliphatic rings. The molecule has 1 aliphatic carbocycles. The number of morpholine rings is 1. The van der Waals surface area contributed by atoms with Crippen LogP contribution in [0, 0.1) is 0 Å². The van der Waals surface area contributed by atoms with Gasteiger partial charge in [-0.3, -0.25) is 4.90 Å². The third-order valence-electron chi connectivity index (χ3n) is 4.45. The van der Waals surface area contributed by atoms with Crippen molar-refractivity contribution in [1.29, 1.82) is 0 Å². The number of urea groups is 1. The number of ether oxygens (including phenoxy) is 1. The summed E-state index contributed by atoms with van der Waals surface area (Å²) in [4.78, 5) is 14.4. The van der Waals surface area contributed by atoms with Gasteiger partial charge < -0.3 is 15.4 Å². The zero-order valence-corrected chi connectivity index (χ0v) is 13.4. The van der Waals surface area contributed by atoms with Crippen molar-refractivity contribution >= 4 is 6.03 Å². The lowest BCUT2D eigenvalue weighted by Crippen LogP contribution is -2.50. The van der Waals surface area contributed by atoms with Gasteiger partial charge in [-0.15, -0.1) is 0 Å². The lowest BCUT2D eigenvalue weighted by molar-refractivity contribution is 0.0349. The van der Waals surface area contributed by atoms with Crippen molar-refractivity contribution in [3.05, 3.63) is 0 Å². The van der Waals surface area contributed by atoms with E-state index in [2.05, 4.69) is 22.5 Å². The van der Waals surface area contributed by atoms with E-state index < -0.39 is 0 Å². The SMILES string of the molecule is CC(CN1CCOCC1)NC(=O)NC1CCCCCCC1. The van der Waals surface area contributed by atoms with E-state index in [0.717, 1.165) is 45.7 Å². The Morgan fingerprint density at radius 3 is 2.43 bits per heavy atom. The Kier molecular flexibility index (Phi) is 7.30. The van der Waals surface area contributed by atoms with Gasteiger partial charge in [-0.05, 0) is 19.8 Å². The summed E-state index contributed by atoms with van der Waals surface area (Å²) in [5, 5.41) is 6.24. The molecule has 2 amide bonds. The molecule has 122 valence electrons. The highest BCUT2D eigenvalue weighted by atomic mass is 16.5. The molecule has 0 aromatic carbocycles. The number of rotatable bonds is 4. The molecule has 5 nitrogen and oxygen atoms in total. The van der Waals surface area contributed by atoms with Crippen LogP contribution in [-0.4, -0.2) is 55.9 Å². The fraction of sp³-hybridized carbons (Fsp3) is 0.938. The van der Waals surface area contributed by atoms with E-state index in [1.54, 1.807) is 0 Å². The molecule has 1 heterocycles. The highest BCUT2D eigenvalue weighted by Gasteiger charge is 2.17. The number of hydrogen-bond donors (Lipinski definition) is 2. The monoisotopic (exact) mass is 297 g/mol. The van der Waals surface area contributed by atoms with Gasteiger partial charge in [-0.1, -0.05) is 32.1 Å². The topological polar surface area (TPSA) is 53.6 Å². The normalized spacial score (nSPS) is 23.9. The summed E-state index contributed by atoms with van der Waals surface area (Å²) in [5.74, 6) is 0. The molecule has 1 unspecified atom stereocenters. The van der Waals surface area contributed by atoms with E-state index in [9.17, 15) is 4.79 Å². The first-order chi connectivity index (χ1) is 10.2. The van der Waals surface area contributed by atoms with Crippen LogP contribution in [0.5, 0.6) is 0 Å². The molecule has 0 spiro atoms. The van der Waals surface area contributed by atoms with Crippen molar-refractivity contribution in [3.8, 4) is 0 Å². The summed E-state index contributed by atoms with van der Waals surface area (Å²) in [7, 11) is 0. The summed E-state index contributed by atoms with van der Waals surface area (Å²) >= 11 is 0. The van der Waals surface area contributed by atoms with Gasteiger partial charge >= 0.3 is 6.03 Å². The second kappa shape index (κ2) is 9.26. The van der Waals surface area contributed by atoms with Crippen LogP contribution in [0.2, 0.25) is 0 Å². The Hall–Kier alpha value is -0.810. The van der Waals surface area contributed by atoms with Gasteiger partial charge in [0, 0.05) is 31.7 Å². The summed E-state index contributed by atoms with van der Waals surface area (Å²) < 4.78 is 5.34. The van der Waals surface area contributed by atoms with Gasteiger partial charge in [-0.25, -0.2) is 4.79 Å². The van der Waals surface area contributed by atoms with Crippen molar-refractivity contribution in [2.75, 3.05) is 32.8 Å². The molecule has 0 aromatic heterocycles. The molecule has 21 heavy (non-hydrogen) atoms. The maximum absolute atomic E-state index is 12.1. The van der Waals surface area contributed by atoms with Crippen LogP contribution in [0.15, 0.2) is 0 Å². The van der Waals surface area contributed by atoms with Crippen molar-refractivity contribution in [1.82, 2.24) is 15.5 Å². The highest BCUT2D eigenvalue weighted by molar-refractivity contribution is 5.74. The predicted molar refractivity (Wildman–Crippen MR) is 84.5 cm³/mol. The molecular weight excluding hydrogens is 266 g/mol. The minimum absolute atomic E-state index is 0.00123. The maximum Gasteiger partial charge on any atom is 0.315 e. The molecule has 1 saturated carbocycles. The van der Waals surface area contributed by atoms with Gasteiger partial charge in [0.05, 0.1) is 13.2 Å². The van der Waals surface area contributed by atoms with E-state index >= 15 is 0 Å². The van der Waals surface area contributed by atoms with Gasteiger partial charge in [0.2, 0.25) is 0 Å². The molecule has 2 N–H and O–H groups in total. The van der Waals surface area contributed by atoms with E-state index in [1.807, 2.05) is 0 Å². The van der Waals surface area contributed by atoms with E-state index in [4.69, 9.17) is 4.74 Å². The third-order valence-corrected chi connectivity index (χ3v) is 4.45. The standard InChI is InChI=1S/C16H31N3O2/c1-14(13-19-9-11-21-12-10-19)17-16(20)18-15-7-5-3-2-4-6-8-15/h14-15H,2-13H2,1H3,(H2,17,18,20). The first-order valence-corrected chi connectivity index (χ1v) is 8.61. The largest absolute Gasteiger partial charge is 0.379 e. The van der Waals surface area contributed by atoms with Crippen molar-refractivity contribution in [2.24, 2.45) is 0 Å². The molecule has 5 heteroatoms. The van der Waals surface area contributed by atoms with Crippen LogP contribution in [0.25, 0.3) is 0 Å². The number of hydrogen-bond acceptors (Lipinski definition) is 3. The number of nitrogens with one attached hydrogen (secondary N) is 2. The molecule has 0 bridgehead atoms. The Morgan fingerprint density at radius 2 is 1.76 bits per heavy atom. The fourth-order valence-electron chi connectivity index (χ4n) is 3.27. The summed E-state index contributed by atoms with van der Waals surface area (Å²) in [6, 6.07) is 0.541. The number of amides is 2. The second-order valence-electron chi connectivity index (χ2n) is 6.47. The predicted octanol–water partition coefficient (Wildman–Crippen LogP) is 2.12. The average Bonchev–Trinajstić information content (AvgIpc) is 2.42. The van der Waals surface area contributed by atoms with Crippen LogP contribution in [0.1, 0.15) is 51.9 Å². The minimum Gasteiger partial charge on any atom is -0.379 e. The molecule has 0 aromatic rings. The first kappa shape index (κ1) is 16.6. The Morgan fingerprint density at radius 1 is 1.14 bits per heavy atom. The summed E-state index contributed by atoms with van der Waals surface area (Å²) in [6.07, 6.45) is 8.73. The van der Waals surface area contributed by atoms with Crippen molar-refractivity contribution < 1.29 is 9.53 Å². The quantitative estimate of drug-likeness (QED) is 0.836. The molecule has 2 fully saturated rings. The van der Waals surface area contributed by atoms with Gasteiger partial charge in [-0.2, -0.15) is 0 Å². The molecular formula is C16H31N3O2. The molecule has 2 rings (SSSR count).